The van der Waals surface area contributed by atoms with Crippen LogP contribution < -0.4 is 5.32 Å². The number of carboxylic acid groups (broad SMARTS) is 1. The first-order chi connectivity index (χ1) is 8.06. The predicted molar refractivity (Wildman–Crippen MR) is 63.3 cm³/mol. The molecule has 0 saturated heterocycles. The Balaban J connectivity index is 1.83. The highest BCUT2D eigenvalue weighted by Gasteiger charge is 2.41. The molecule has 4 heteroatoms. The van der Waals surface area contributed by atoms with E-state index in [1.165, 1.54) is 25.7 Å². The number of aliphatic carboxylic acids is 1. The zero-order valence-corrected chi connectivity index (χ0v) is 10.1. The predicted octanol–water partition coefficient (Wildman–Crippen LogP) is 1.57. The van der Waals surface area contributed by atoms with Crippen molar-refractivity contribution in [2.24, 2.45) is 17.8 Å². The maximum Gasteiger partial charge on any atom is 0.328 e. The van der Waals surface area contributed by atoms with E-state index in [1.54, 1.807) is 0 Å². The van der Waals surface area contributed by atoms with Crippen molar-refractivity contribution >= 4 is 11.9 Å². The van der Waals surface area contributed by atoms with Crippen LogP contribution in [-0.4, -0.2) is 23.0 Å². The molecule has 0 aromatic carbocycles. The summed E-state index contributed by atoms with van der Waals surface area (Å²) in [5, 5.41) is 11.3. The molecule has 94 valence electrons. The van der Waals surface area contributed by atoms with Gasteiger partial charge in [-0.2, -0.15) is 0 Å². The van der Waals surface area contributed by atoms with Gasteiger partial charge in [0, 0.05) is 18.2 Å². The summed E-state index contributed by atoms with van der Waals surface area (Å²) in [5.74, 6) is 0.809. The third-order valence-corrected chi connectivity index (χ3v) is 4.18. The second-order valence-electron chi connectivity index (χ2n) is 5.31. The number of amides is 1. The SMILES string of the molecule is C[C@@H](NC(=O)/C=C/C(=O)O)[C@@H]1C[C@H]2CC[C@H]1C2. The number of carboxylic acids is 1. The highest BCUT2D eigenvalue weighted by atomic mass is 16.4. The summed E-state index contributed by atoms with van der Waals surface area (Å²) in [6.45, 7) is 2.03. The molecule has 2 N–H and O–H groups in total. The average molecular weight is 237 g/mol. The van der Waals surface area contributed by atoms with Gasteiger partial charge in [0.1, 0.15) is 0 Å². The summed E-state index contributed by atoms with van der Waals surface area (Å²) >= 11 is 0. The van der Waals surface area contributed by atoms with Crippen molar-refractivity contribution in [2.75, 3.05) is 0 Å². The largest absolute Gasteiger partial charge is 0.478 e. The molecule has 0 aromatic heterocycles. The maximum atomic E-state index is 11.5. The van der Waals surface area contributed by atoms with E-state index in [-0.39, 0.29) is 11.9 Å². The van der Waals surface area contributed by atoms with E-state index in [9.17, 15) is 9.59 Å². The Labute approximate surface area is 101 Å². The lowest BCUT2D eigenvalue weighted by Gasteiger charge is -2.28. The molecule has 2 aliphatic rings. The molecule has 0 spiro atoms. The van der Waals surface area contributed by atoms with Crippen molar-refractivity contribution < 1.29 is 14.7 Å². The Hall–Kier alpha value is -1.32. The molecule has 2 fully saturated rings. The van der Waals surface area contributed by atoms with Crippen LogP contribution in [0.4, 0.5) is 0 Å². The summed E-state index contributed by atoms with van der Waals surface area (Å²) in [6.07, 6.45) is 7.14. The molecular weight excluding hydrogens is 218 g/mol. The van der Waals surface area contributed by atoms with Crippen molar-refractivity contribution in [2.45, 2.75) is 38.6 Å². The smallest absolute Gasteiger partial charge is 0.328 e. The van der Waals surface area contributed by atoms with Gasteiger partial charge in [0.25, 0.3) is 0 Å². The van der Waals surface area contributed by atoms with Crippen LogP contribution in [0.25, 0.3) is 0 Å². The summed E-state index contributed by atoms with van der Waals surface area (Å²) in [4.78, 5) is 21.7. The number of rotatable bonds is 4. The summed E-state index contributed by atoms with van der Waals surface area (Å²) < 4.78 is 0. The molecule has 0 radical (unpaired) electrons. The standard InChI is InChI=1S/C13H19NO3/c1-8(14-12(15)4-5-13(16)17)11-7-9-2-3-10(11)6-9/h4-5,8-11H,2-3,6-7H2,1H3,(H,14,15)(H,16,17)/b5-4+/t8-,9+,10+,11+/m1/s1. The number of carbonyl (C=O) groups is 2. The third kappa shape index (κ3) is 2.87. The quantitative estimate of drug-likeness (QED) is 0.729. The number of hydrogen-bond acceptors (Lipinski definition) is 2. The van der Waals surface area contributed by atoms with Crippen LogP contribution in [0.3, 0.4) is 0 Å². The minimum absolute atomic E-state index is 0.149. The molecule has 17 heavy (non-hydrogen) atoms. The molecule has 0 aromatic rings. The fraction of sp³-hybridized carbons (Fsp3) is 0.692. The van der Waals surface area contributed by atoms with E-state index >= 15 is 0 Å². The maximum absolute atomic E-state index is 11.5. The van der Waals surface area contributed by atoms with E-state index < -0.39 is 5.97 Å². The molecule has 4 nitrogen and oxygen atoms in total. The molecule has 2 rings (SSSR count). The van der Waals surface area contributed by atoms with Gasteiger partial charge in [-0.15, -0.1) is 0 Å². The van der Waals surface area contributed by atoms with Crippen LogP contribution >= 0.6 is 0 Å². The lowest BCUT2D eigenvalue weighted by atomic mass is 9.84. The average Bonchev–Trinajstić information content (AvgIpc) is 2.87. The first kappa shape index (κ1) is 12.1. The van der Waals surface area contributed by atoms with E-state index in [0.29, 0.717) is 5.92 Å². The first-order valence-corrected chi connectivity index (χ1v) is 6.27. The summed E-state index contributed by atoms with van der Waals surface area (Å²) in [7, 11) is 0. The van der Waals surface area contributed by atoms with Gasteiger partial charge in [0.05, 0.1) is 0 Å². The Morgan fingerprint density at radius 3 is 2.59 bits per heavy atom. The van der Waals surface area contributed by atoms with Crippen LogP contribution in [0.15, 0.2) is 12.2 Å². The Morgan fingerprint density at radius 2 is 2.06 bits per heavy atom. The van der Waals surface area contributed by atoms with Crippen LogP contribution in [0.1, 0.15) is 32.6 Å². The zero-order chi connectivity index (χ0) is 12.4. The number of nitrogens with one attached hydrogen (secondary N) is 1. The molecule has 2 saturated carbocycles. The van der Waals surface area contributed by atoms with E-state index in [2.05, 4.69) is 5.32 Å². The van der Waals surface area contributed by atoms with Crippen LogP contribution in [0.2, 0.25) is 0 Å². The molecule has 1 amide bonds. The fourth-order valence-electron chi connectivity index (χ4n) is 3.43. The molecule has 0 unspecified atom stereocenters. The van der Waals surface area contributed by atoms with E-state index in [4.69, 9.17) is 5.11 Å². The van der Waals surface area contributed by atoms with Gasteiger partial charge < -0.3 is 10.4 Å². The lowest BCUT2D eigenvalue weighted by molar-refractivity contribution is -0.131. The topological polar surface area (TPSA) is 66.4 Å². The van der Waals surface area contributed by atoms with Crippen molar-refractivity contribution in [3.05, 3.63) is 12.2 Å². The first-order valence-electron chi connectivity index (χ1n) is 6.27. The van der Waals surface area contributed by atoms with Gasteiger partial charge in [-0.05, 0) is 43.9 Å². The Kier molecular flexibility index (Phi) is 3.50. The van der Waals surface area contributed by atoms with Crippen LogP contribution in [-0.2, 0) is 9.59 Å². The van der Waals surface area contributed by atoms with E-state index in [1.807, 2.05) is 6.92 Å². The van der Waals surface area contributed by atoms with Crippen molar-refractivity contribution in [1.82, 2.24) is 5.32 Å². The molecule has 4 atom stereocenters. The van der Waals surface area contributed by atoms with Crippen molar-refractivity contribution in [1.29, 1.82) is 0 Å². The molecule has 0 heterocycles. The summed E-state index contributed by atoms with van der Waals surface area (Å²) in [5.41, 5.74) is 0. The van der Waals surface area contributed by atoms with Crippen molar-refractivity contribution in [3.8, 4) is 0 Å². The second-order valence-corrected chi connectivity index (χ2v) is 5.31. The molecule has 0 aliphatic heterocycles. The van der Waals surface area contributed by atoms with Gasteiger partial charge in [-0.1, -0.05) is 6.42 Å². The third-order valence-electron chi connectivity index (χ3n) is 4.18. The Morgan fingerprint density at radius 1 is 1.29 bits per heavy atom. The van der Waals surface area contributed by atoms with Crippen LogP contribution in [0.5, 0.6) is 0 Å². The molecular formula is C13H19NO3. The van der Waals surface area contributed by atoms with Crippen molar-refractivity contribution in [3.63, 3.8) is 0 Å². The zero-order valence-electron chi connectivity index (χ0n) is 10.1. The molecule has 2 aliphatic carbocycles. The van der Waals surface area contributed by atoms with E-state index in [0.717, 1.165) is 24.0 Å². The van der Waals surface area contributed by atoms with Gasteiger partial charge in [0.2, 0.25) is 5.91 Å². The normalized spacial score (nSPS) is 32.9. The van der Waals surface area contributed by atoms with Gasteiger partial charge >= 0.3 is 5.97 Å². The monoisotopic (exact) mass is 237 g/mol. The van der Waals surface area contributed by atoms with Gasteiger partial charge in [-0.3, -0.25) is 4.79 Å². The number of carbonyl (C=O) groups excluding carboxylic acids is 1. The Bertz CT molecular complexity index is 351. The fourth-order valence-corrected chi connectivity index (χ4v) is 3.43. The molecule has 2 bridgehead atoms. The highest BCUT2D eigenvalue weighted by Crippen LogP contribution is 2.49. The summed E-state index contributed by atoms with van der Waals surface area (Å²) in [6, 6.07) is 0.149. The minimum Gasteiger partial charge on any atom is -0.478 e. The second kappa shape index (κ2) is 4.90. The highest BCUT2D eigenvalue weighted by molar-refractivity contribution is 5.93. The number of fused-ring (bicyclic) bond motifs is 2. The minimum atomic E-state index is -1.09. The number of hydrogen-bond donors (Lipinski definition) is 2. The van der Waals surface area contributed by atoms with Gasteiger partial charge in [-0.25, -0.2) is 4.79 Å². The lowest BCUT2D eigenvalue weighted by Crippen LogP contribution is -2.39. The van der Waals surface area contributed by atoms with Gasteiger partial charge in [0.15, 0.2) is 0 Å². The van der Waals surface area contributed by atoms with Crippen LogP contribution in [0, 0.1) is 17.8 Å².